The number of unbranched alkanes of at least 4 members (excludes halogenated alkanes) is 1. The number of allylic oxidation sites excluding steroid dienone is 2. The summed E-state index contributed by atoms with van der Waals surface area (Å²) in [5.41, 5.74) is 4.39. The Bertz CT molecular complexity index is 1140. The minimum Gasteiger partial charge on any atom is -0.346 e. The van der Waals surface area contributed by atoms with Crippen LogP contribution in [0.2, 0.25) is 5.02 Å². The number of nitrogens with one attached hydrogen (secondary N) is 1. The first-order valence-electron chi connectivity index (χ1n) is 10.0. The van der Waals surface area contributed by atoms with Crippen molar-refractivity contribution in [3.05, 3.63) is 75.1 Å². The maximum atomic E-state index is 15.5. The minimum atomic E-state index is -0.567. The van der Waals surface area contributed by atoms with E-state index in [4.69, 9.17) is 11.6 Å². The topological polar surface area (TPSA) is 28.7 Å². The third kappa shape index (κ3) is 3.62. The molecule has 5 heteroatoms. The third-order valence-corrected chi connectivity index (χ3v) is 5.95. The van der Waals surface area contributed by atoms with Crippen LogP contribution in [0.5, 0.6) is 0 Å². The summed E-state index contributed by atoms with van der Waals surface area (Å²) < 4.78 is 30.5. The van der Waals surface area contributed by atoms with E-state index in [2.05, 4.69) is 9.97 Å². The maximum Gasteiger partial charge on any atom is 0.141 e. The summed E-state index contributed by atoms with van der Waals surface area (Å²) in [5, 5.41) is 1.32. The number of hydrogen-bond acceptors (Lipinski definition) is 1. The van der Waals surface area contributed by atoms with E-state index in [1.165, 1.54) is 17.7 Å². The number of H-pyrrole nitrogens is 1. The van der Waals surface area contributed by atoms with Crippen LogP contribution in [-0.2, 0) is 0 Å². The van der Waals surface area contributed by atoms with Gasteiger partial charge >= 0.3 is 0 Å². The second-order valence-corrected chi connectivity index (χ2v) is 7.95. The van der Waals surface area contributed by atoms with Crippen molar-refractivity contribution in [3.8, 4) is 0 Å². The summed E-state index contributed by atoms with van der Waals surface area (Å²) in [6.07, 6.45) is 11.8. The molecular weight excluding hydrogens is 390 g/mol. The standard InChI is InChI=1S/C24H23ClF2N2/c1-3-4-8-17(18-12-28-24-21(18)14(2)19(25)13-29-24)22-20(26)10-9-16(23(22)27)11-15-6-5-7-15/h8-13H,3-7H2,1-2H3,(H,28,29)/b17-8-. The second-order valence-electron chi connectivity index (χ2n) is 7.55. The molecule has 1 aliphatic carbocycles. The van der Waals surface area contributed by atoms with Crippen molar-refractivity contribution in [2.24, 2.45) is 0 Å². The molecule has 29 heavy (non-hydrogen) atoms. The van der Waals surface area contributed by atoms with Gasteiger partial charge < -0.3 is 4.98 Å². The van der Waals surface area contributed by atoms with Gasteiger partial charge in [0.1, 0.15) is 17.3 Å². The highest BCUT2D eigenvalue weighted by Crippen LogP contribution is 2.37. The SMILES string of the molecule is CCC/C=C(\c1c(F)ccc(C=C2CCC2)c1F)c1c[nH]c2ncc(Cl)c(C)c12. The van der Waals surface area contributed by atoms with E-state index in [0.717, 1.165) is 36.6 Å². The second kappa shape index (κ2) is 8.11. The lowest BCUT2D eigenvalue weighted by Crippen LogP contribution is -2.02. The molecule has 0 radical (unpaired) electrons. The van der Waals surface area contributed by atoms with Crippen LogP contribution in [0, 0.1) is 18.6 Å². The molecule has 2 aromatic heterocycles. The smallest absolute Gasteiger partial charge is 0.141 e. The highest BCUT2D eigenvalue weighted by Gasteiger charge is 2.22. The molecule has 2 heterocycles. The molecule has 0 bridgehead atoms. The van der Waals surface area contributed by atoms with E-state index >= 15 is 4.39 Å². The van der Waals surface area contributed by atoms with E-state index in [1.54, 1.807) is 12.4 Å². The molecule has 0 saturated heterocycles. The first-order valence-corrected chi connectivity index (χ1v) is 10.4. The predicted molar refractivity (Wildman–Crippen MR) is 116 cm³/mol. The number of benzene rings is 1. The highest BCUT2D eigenvalue weighted by atomic mass is 35.5. The first kappa shape index (κ1) is 19.8. The van der Waals surface area contributed by atoms with Crippen molar-refractivity contribution in [1.82, 2.24) is 9.97 Å². The predicted octanol–water partition coefficient (Wildman–Crippen LogP) is 7.60. The van der Waals surface area contributed by atoms with Gasteiger partial charge in [0.2, 0.25) is 0 Å². The summed E-state index contributed by atoms with van der Waals surface area (Å²) in [6.45, 7) is 3.93. The van der Waals surface area contributed by atoms with Crippen LogP contribution >= 0.6 is 11.6 Å². The summed E-state index contributed by atoms with van der Waals surface area (Å²) in [5.74, 6) is -1.09. The van der Waals surface area contributed by atoms with Gasteiger partial charge in [-0.15, -0.1) is 0 Å². The van der Waals surface area contributed by atoms with E-state index in [-0.39, 0.29) is 5.56 Å². The monoisotopic (exact) mass is 412 g/mol. The molecule has 4 rings (SSSR count). The minimum absolute atomic E-state index is 0.00685. The number of aromatic amines is 1. The number of rotatable bonds is 5. The first-order chi connectivity index (χ1) is 14.0. The molecule has 150 valence electrons. The zero-order valence-corrected chi connectivity index (χ0v) is 17.3. The number of aryl methyl sites for hydroxylation is 1. The molecule has 0 atom stereocenters. The number of fused-ring (bicyclic) bond motifs is 1. The quantitative estimate of drug-likeness (QED) is 0.459. The Morgan fingerprint density at radius 2 is 2.07 bits per heavy atom. The maximum absolute atomic E-state index is 15.5. The van der Waals surface area contributed by atoms with Gasteiger partial charge in [0.25, 0.3) is 0 Å². The van der Waals surface area contributed by atoms with Crippen LogP contribution in [0.25, 0.3) is 22.7 Å². The zero-order valence-electron chi connectivity index (χ0n) is 16.6. The van der Waals surface area contributed by atoms with Crippen LogP contribution < -0.4 is 0 Å². The summed E-state index contributed by atoms with van der Waals surface area (Å²) in [4.78, 5) is 7.45. The van der Waals surface area contributed by atoms with Gasteiger partial charge in [-0.25, -0.2) is 13.8 Å². The van der Waals surface area contributed by atoms with Gasteiger partial charge in [-0.05, 0) is 55.9 Å². The number of aromatic nitrogens is 2. The molecule has 1 N–H and O–H groups in total. The number of pyridine rings is 1. The fourth-order valence-electron chi connectivity index (χ4n) is 3.75. The van der Waals surface area contributed by atoms with E-state index in [0.29, 0.717) is 33.8 Å². The highest BCUT2D eigenvalue weighted by molar-refractivity contribution is 6.32. The Morgan fingerprint density at radius 3 is 2.76 bits per heavy atom. The Morgan fingerprint density at radius 1 is 1.28 bits per heavy atom. The van der Waals surface area contributed by atoms with Crippen LogP contribution in [0.3, 0.4) is 0 Å². The average molecular weight is 413 g/mol. The summed E-state index contributed by atoms with van der Waals surface area (Å²) in [7, 11) is 0. The largest absolute Gasteiger partial charge is 0.346 e. The van der Waals surface area contributed by atoms with Gasteiger partial charge in [-0.2, -0.15) is 0 Å². The fourth-order valence-corrected chi connectivity index (χ4v) is 3.89. The lowest BCUT2D eigenvalue weighted by molar-refractivity contribution is 0.574. The van der Waals surface area contributed by atoms with Crippen molar-refractivity contribution in [3.63, 3.8) is 0 Å². The molecule has 0 spiro atoms. The average Bonchev–Trinajstić information content (AvgIpc) is 3.10. The molecule has 2 nitrogen and oxygen atoms in total. The van der Waals surface area contributed by atoms with Gasteiger partial charge in [0.05, 0.1) is 10.6 Å². The van der Waals surface area contributed by atoms with Crippen LogP contribution in [0.15, 0.2) is 36.2 Å². The van der Waals surface area contributed by atoms with Crippen molar-refractivity contribution < 1.29 is 8.78 Å². The lowest BCUT2D eigenvalue weighted by atomic mass is 9.89. The molecule has 0 aliphatic heterocycles. The summed E-state index contributed by atoms with van der Waals surface area (Å²) in [6, 6.07) is 2.88. The Kier molecular flexibility index (Phi) is 5.55. The molecule has 1 fully saturated rings. The van der Waals surface area contributed by atoms with Gasteiger partial charge in [-0.1, -0.05) is 42.7 Å². The Labute approximate surface area is 174 Å². The van der Waals surface area contributed by atoms with E-state index < -0.39 is 11.6 Å². The normalized spacial score (nSPS) is 14.4. The molecule has 0 unspecified atom stereocenters. The zero-order chi connectivity index (χ0) is 20.5. The molecule has 0 amide bonds. The van der Waals surface area contributed by atoms with Crippen LogP contribution in [-0.4, -0.2) is 9.97 Å². The molecule has 1 aliphatic rings. The molecule has 3 aromatic rings. The van der Waals surface area contributed by atoms with Crippen LogP contribution in [0.1, 0.15) is 61.3 Å². The van der Waals surface area contributed by atoms with Gasteiger partial charge in [-0.3, -0.25) is 0 Å². The Balaban J connectivity index is 1.94. The van der Waals surface area contributed by atoms with Crippen molar-refractivity contribution in [2.75, 3.05) is 0 Å². The number of nitrogens with zero attached hydrogens (tertiary/aromatic N) is 1. The van der Waals surface area contributed by atoms with E-state index in [9.17, 15) is 4.39 Å². The van der Waals surface area contributed by atoms with Gasteiger partial charge in [0, 0.05) is 28.9 Å². The Hall–Kier alpha value is -2.46. The van der Waals surface area contributed by atoms with Gasteiger partial charge in [0.15, 0.2) is 0 Å². The van der Waals surface area contributed by atoms with Crippen LogP contribution in [0.4, 0.5) is 8.78 Å². The van der Waals surface area contributed by atoms with Crippen molar-refractivity contribution in [2.45, 2.75) is 46.0 Å². The summed E-state index contributed by atoms with van der Waals surface area (Å²) >= 11 is 6.29. The van der Waals surface area contributed by atoms with Crippen molar-refractivity contribution >= 4 is 34.3 Å². The van der Waals surface area contributed by atoms with E-state index in [1.807, 2.05) is 26.0 Å². The molecule has 1 aromatic carbocycles. The lowest BCUT2D eigenvalue weighted by Gasteiger charge is -2.17. The third-order valence-electron chi connectivity index (χ3n) is 5.57. The molecular formula is C24H23ClF2N2. The number of hydrogen-bond donors (Lipinski definition) is 1. The van der Waals surface area contributed by atoms with Crippen molar-refractivity contribution in [1.29, 1.82) is 0 Å². The fraction of sp³-hybridized carbons (Fsp3) is 0.292. The number of halogens is 3. The molecule has 1 saturated carbocycles.